The molecule has 3 nitrogen and oxygen atoms in total. The van der Waals surface area contributed by atoms with Gasteiger partial charge >= 0.3 is 0 Å². The molecule has 0 heterocycles. The Balaban J connectivity index is 2.86. The molecular weight excluding hydrogens is 236 g/mol. The lowest BCUT2D eigenvalue weighted by molar-refractivity contribution is -0.119. The van der Waals surface area contributed by atoms with Crippen molar-refractivity contribution in [3.05, 3.63) is 28.8 Å². The van der Waals surface area contributed by atoms with Crippen molar-refractivity contribution < 1.29 is 4.79 Å². The summed E-state index contributed by atoms with van der Waals surface area (Å²) in [7, 11) is 0. The fourth-order valence-electron chi connectivity index (χ4n) is 1.35. The van der Waals surface area contributed by atoms with Crippen LogP contribution in [0.2, 0.25) is 5.02 Å². The van der Waals surface area contributed by atoms with E-state index in [0.29, 0.717) is 10.7 Å². The van der Waals surface area contributed by atoms with Crippen LogP contribution in [0, 0.1) is 12.3 Å². The first-order valence-corrected chi connectivity index (χ1v) is 5.93. The highest BCUT2D eigenvalue weighted by atomic mass is 35.5. The van der Waals surface area contributed by atoms with E-state index in [2.05, 4.69) is 5.32 Å². The normalized spacial score (nSPS) is 13.3. The Bertz CT molecular complexity index is 424. The Kier molecular flexibility index (Phi) is 4.17. The summed E-state index contributed by atoms with van der Waals surface area (Å²) in [6.45, 7) is 7.66. The summed E-state index contributed by atoms with van der Waals surface area (Å²) < 4.78 is 0. The Labute approximate surface area is 107 Å². The number of carbonyl (C=O) groups is 1. The molecule has 0 aliphatic heterocycles. The minimum absolute atomic E-state index is 0.192. The van der Waals surface area contributed by atoms with E-state index in [1.54, 1.807) is 12.1 Å². The lowest BCUT2D eigenvalue weighted by Gasteiger charge is -2.26. The molecule has 17 heavy (non-hydrogen) atoms. The van der Waals surface area contributed by atoms with E-state index >= 15 is 0 Å². The second-order valence-corrected chi connectivity index (χ2v) is 5.65. The SMILES string of the molecule is Cc1c(Cl)cccc1NC(=O)[C@@H](N)C(C)(C)C. The van der Waals surface area contributed by atoms with Gasteiger partial charge in [0.1, 0.15) is 0 Å². The number of nitrogens with two attached hydrogens (primary N) is 1. The summed E-state index contributed by atoms with van der Waals surface area (Å²) in [6.07, 6.45) is 0. The largest absolute Gasteiger partial charge is 0.324 e. The summed E-state index contributed by atoms with van der Waals surface area (Å²) in [5.41, 5.74) is 7.18. The van der Waals surface area contributed by atoms with Gasteiger partial charge < -0.3 is 11.1 Å². The maximum Gasteiger partial charge on any atom is 0.241 e. The molecule has 0 saturated carbocycles. The first-order valence-electron chi connectivity index (χ1n) is 5.55. The first kappa shape index (κ1) is 14.0. The molecule has 1 aromatic rings. The van der Waals surface area contributed by atoms with E-state index in [1.165, 1.54) is 0 Å². The fourth-order valence-corrected chi connectivity index (χ4v) is 1.52. The van der Waals surface area contributed by atoms with Gasteiger partial charge in [0.2, 0.25) is 5.91 Å². The summed E-state index contributed by atoms with van der Waals surface area (Å²) in [6, 6.07) is 4.85. The summed E-state index contributed by atoms with van der Waals surface area (Å²) >= 11 is 5.98. The van der Waals surface area contributed by atoms with Crippen LogP contribution in [0.4, 0.5) is 5.69 Å². The summed E-state index contributed by atoms with van der Waals surface area (Å²) in [5, 5.41) is 3.44. The van der Waals surface area contributed by atoms with Gasteiger partial charge in [-0.3, -0.25) is 4.79 Å². The first-order chi connectivity index (χ1) is 7.73. The zero-order valence-corrected chi connectivity index (χ0v) is 11.4. The number of hydrogen-bond acceptors (Lipinski definition) is 2. The zero-order valence-electron chi connectivity index (χ0n) is 10.7. The van der Waals surface area contributed by atoms with Crippen molar-refractivity contribution in [2.24, 2.45) is 11.1 Å². The van der Waals surface area contributed by atoms with Crippen molar-refractivity contribution in [1.82, 2.24) is 0 Å². The van der Waals surface area contributed by atoms with Crippen LogP contribution in [-0.2, 0) is 4.79 Å². The smallest absolute Gasteiger partial charge is 0.241 e. The number of benzene rings is 1. The van der Waals surface area contributed by atoms with Gasteiger partial charge in [0.25, 0.3) is 0 Å². The van der Waals surface area contributed by atoms with E-state index in [4.69, 9.17) is 17.3 Å². The predicted octanol–water partition coefficient (Wildman–Crippen LogP) is 2.96. The van der Waals surface area contributed by atoms with Crippen LogP contribution in [0.25, 0.3) is 0 Å². The third kappa shape index (κ3) is 3.45. The number of anilines is 1. The molecule has 0 unspecified atom stereocenters. The van der Waals surface area contributed by atoms with Crippen molar-refractivity contribution in [1.29, 1.82) is 0 Å². The number of halogens is 1. The minimum Gasteiger partial charge on any atom is -0.324 e. The highest BCUT2D eigenvalue weighted by Gasteiger charge is 2.27. The van der Waals surface area contributed by atoms with Crippen LogP contribution < -0.4 is 11.1 Å². The van der Waals surface area contributed by atoms with Gasteiger partial charge in [0.05, 0.1) is 6.04 Å². The maximum absolute atomic E-state index is 11.9. The average Bonchev–Trinajstić information content (AvgIpc) is 2.22. The Morgan fingerprint density at radius 2 is 2.00 bits per heavy atom. The van der Waals surface area contributed by atoms with E-state index < -0.39 is 6.04 Å². The lowest BCUT2D eigenvalue weighted by atomic mass is 9.87. The van der Waals surface area contributed by atoms with E-state index in [9.17, 15) is 4.79 Å². The van der Waals surface area contributed by atoms with Crippen LogP contribution in [-0.4, -0.2) is 11.9 Å². The van der Waals surface area contributed by atoms with Crippen molar-refractivity contribution >= 4 is 23.2 Å². The predicted molar refractivity (Wildman–Crippen MR) is 72.2 cm³/mol. The van der Waals surface area contributed by atoms with Crippen LogP contribution in [0.1, 0.15) is 26.3 Å². The molecule has 0 aliphatic carbocycles. The van der Waals surface area contributed by atoms with Gasteiger partial charge in [0, 0.05) is 10.7 Å². The molecule has 1 rings (SSSR count). The topological polar surface area (TPSA) is 55.1 Å². The third-order valence-electron chi connectivity index (χ3n) is 2.74. The third-order valence-corrected chi connectivity index (χ3v) is 3.15. The Hall–Kier alpha value is -1.06. The monoisotopic (exact) mass is 254 g/mol. The number of nitrogens with one attached hydrogen (secondary N) is 1. The van der Waals surface area contributed by atoms with E-state index in [0.717, 1.165) is 5.56 Å². The quantitative estimate of drug-likeness (QED) is 0.853. The number of hydrogen-bond donors (Lipinski definition) is 2. The molecule has 0 bridgehead atoms. The zero-order chi connectivity index (χ0) is 13.2. The maximum atomic E-state index is 11.9. The molecule has 4 heteroatoms. The van der Waals surface area contributed by atoms with Crippen molar-refractivity contribution in [3.63, 3.8) is 0 Å². The van der Waals surface area contributed by atoms with Gasteiger partial charge in [-0.05, 0) is 30.0 Å². The summed E-state index contributed by atoms with van der Waals surface area (Å²) in [5.74, 6) is -0.192. The van der Waals surface area contributed by atoms with Crippen LogP contribution in [0.3, 0.4) is 0 Å². The van der Waals surface area contributed by atoms with Crippen molar-refractivity contribution in [2.75, 3.05) is 5.32 Å². The lowest BCUT2D eigenvalue weighted by Crippen LogP contribution is -2.45. The summed E-state index contributed by atoms with van der Waals surface area (Å²) in [4.78, 5) is 11.9. The molecule has 1 aromatic carbocycles. The molecule has 94 valence electrons. The van der Waals surface area contributed by atoms with Crippen LogP contribution in [0.5, 0.6) is 0 Å². The van der Waals surface area contributed by atoms with E-state index in [-0.39, 0.29) is 11.3 Å². The van der Waals surface area contributed by atoms with Gasteiger partial charge in [-0.2, -0.15) is 0 Å². The standard InChI is InChI=1S/C13H19ClN2O/c1-8-9(14)6-5-7-10(8)16-12(17)11(15)13(2,3)4/h5-7,11H,15H2,1-4H3,(H,16,17)/t11-/m1/s1. The highest BCUT2D eigenvalue weighted by molar-refractivity contribution is 6.31. The number of carbonyl (C=O) groups excluding carboxylic acids is 1. The Morgan fingerprint density at radius 1 is 1.41 bits per heavy atom. The molecule has 3 N–H and O–H groups in total. The molecule has 1 atom stereocenters. The van der Waals surface area contributed by atoms with E-state index in [1.807, 2.05) is 33.8 Å². The average molecular weight is 255 g/mol. The molecule has 0 aliphatic rings. The minimum atomic E-state index is -0.555. The second-order valence-electron chi connectivity index (χ2n) is 5.25. The van der Waals surface area contributed by atoms with Gasteiger partial charge in [-0.25, -0.2) is 0 Å². The molecule has 0 saturated heterocycles. The van der Waals surface area contributed by atoms with Gasteiger partial charge in [-0.1, -0.05) is 38.4 Å². The van der Waals surface area contributed by atoms with Crippen molar-refractivity contribution in [3.8, 4) is 0 Å². The van der Waals surface area contributed by atoms with Crippen molar-refractivity contribution in [2.45, 2.75) is 33.7 Å². The van der Waals surface area contributed by atoms with Crippen LogP contribution >= 0.6 is 11.6 Å². The van der Waals surface area contributed by atoms with Gasteiger partial charge in [-0.15, -0.1) is 0 Å². The molecule has 0 aromatic heterocycles. The molecule has 0 fully saturated rings. The molecule has 1 amide bonds. The molecular formula is C13H19ClN2O. The number of rotatable bonds is 2. The molecule has 0 radical (unpaired) electrons. The number of amides is 1. The fraction of sp³-hybridized carbons (Fsp3) is 0.462. The highest BCUT2D eigenvalue weighted by Crippen LogP contribution is 2.24. The van der Waals surface area contributed by atoms with Gasteiger partial charge in [0.15, 0.2) is 0 Å². The second kappa shape index (κ2) is 5.07. The Morgan fingerprint density at radius 3 is 2.53 bits per heavy atom. The molecule has 0 spiro atoms. The van der Waals surface area contributed by atoms with Crippen LogP contribution in [0.15, 0.2) is 18.2 Å².